The molecule has 0 aliphatic heterocycles. The Bertz CT molecular complexity index is 308. The molecule has 1 rings (SSSR count). The van der Waals surface area contributed by atoms with Crippen LogP contribution in [0.1, 0.15) is 18.9 Å². The summed E-state index contributed by atoms with van der Waals surface area (Å²) < 4.78 is 0. The largest absolute Gasteiger partial charge is 0.391 e. The maximum atomic E-state index is 9.79. The first-order chi connectivity index (χ1) is 6.52. The second-order valence-electron chi connectivity index (χ2n) is 3.62. The maximum Gasteiger partial charge on any atom is 0.112 e. The summed E-state index contributed by atoms with van der Waals surface area (Å²) in [5.41, 5.74) is 5.56. The molecule has 0 heterocycles. The molecule has 0 saturated heterocycles. The summed E-state index contributed by atoms with van der Waals surface area (Å²) in [6.45, 7) is 1.65. The van der Waals surface area contributed by atoms with Crippen LogP contribution in [0.4, 0.5) is 0 Å². The van der Waals surface area contributed by atoms with Gasteiger partial charge in [-0.1, -0.05) is 42.5 Å². The molecule has 1 unspecified atom stereocenters. The zero-order valence-electron chi connectivity index (χ0n) is 8.23. The number of hydrogen-bond donors (Lipinski definition) is 2. The number of thiocarbonyl (C=S) groups is 1. The zero-order chi connectivity index (χ0) is 10.6. The van der Waals surface area contributed by atoms with Crippen LogP contribution in [0.2, 0.25) is 0 Å². The predicted octanol–water partition coefficient (Wildman–Crippen LogP) is 1.66. The number of benzene rings is 1. The standard InChI is InChI=1S/C11H15NOS/c1-11(13,10(12)14)8-7-9-5-3-2-4-6-9/h2-6,13H,7-8H2,1H3,(H2,12,14). The first kappa shape index (κ1) is 11.1. The molecule has 14 heavy (non-hydrogen) atoms. The Morgan fingerprint density at radius 3 is 2.50 bits per heavy atom. The highest BCUT2D eigenvalue weighted by molar-refractivity contribution is 7.80. The second-order valence-corrected chi connectivity index (χ2v) is 4.06. The number of nitrogens with two attached hydrogens (primary N) is 1. The normalized spacial score (nSPS) is 14.7. The van der Waals surface area contributed by atoms with Crippen LogP contribution in [0, 0.1) is 0 Å². The predicted molar refractivity (Wildman–Crippen MR) is 62.2 cm³/mol. The smallest absolute Gasteiger partial charge is 0.112 e. The van der Waals surface area contributed by atoms with Crippen molar-refractivity contribution in [3.63, 3.8) is 0 Å². The van der Waals surface area contributed by atoms with E-state index in [9.17, 15) is 5.11 Å². The van der Waals surface area contributed by atoms with Crippen LogP contribution >= 0.6 is 12.2 Å². The second kappa shape index (κ2) is 4.53. The van der Waals surface area contributed by atoms with Gasteiger partial charge in [0.15, 0.2) is 0 Å². The van der Waals surface area contributed by atoms with E-state index in [1.807, 2.05) is 30.3 Å². The van der Waals surface area contributed by atoms with Crippen molar-refractivity contribution in [3.05, 3.63) is 35.9 Å². The Hall–Kier alpha value is -0.930. The van der Waals surface area contributed by atoms with Crippen molar-refractivity contribution in [3.8, 4) is 0 Å². The van der Waals surface area contributed by atoms with Gasteiger partial charge in [-0.25, -0.2) is 0 Å². The Kier molecular flexibility index (Phi) is 3.61. The van der Waals surface area contributed by atoms with Crippen molar-refractivity contribution < 1.29 is 5.11 Å². The highest BCUT2D eigenvalue weighted by Gasteiger charge is 2.23. The van der Waals surface area contributed by atoms with E-state index in [0.29, 0.717) is 6.42 Å². The molecule has 0 aliphatic rings. The van der Waals surface area contributed by atoms with Crippen LogP contribution in [0.15, 0.2) is 30.3 Å². The van der Waals surface area contributed by atoms with Crippen LogP contribution in [-0.2, 0) is 6.42 Å². The molecule has 76 valence electrons. The van der Waals surface area contributed by atoms with Gasteiger partial charge >= 0.3 is 0 Å². The summed E-state index contributed by atoms with van der Waals surface area (Å²) in [5.74, 6) is 0. The lowest BCUT2D eigenvalue weighted by molar-refractivity contribution is 0.124. The minimum absolute atomic E-state index is 0.161. The van der Waals surface area contributed by atoms with E-state index in [1.54, 1.807) is 6.92 Å². The topological polar surface area (TPSA) is 46.2 Å². The number of aryl methyl sites for hydroxylation is 1. The molecule has 1 aromatic carbocycles. The minimum atomic E-state index is -1.04. The first-order valence-corrected chi connectivity index (χ1v) is 4.99. The Balaban J connectivity index is 2.53. The van der Waals surface area contributed by atoms with Crippen molar-refractivity contribution in [1.82, 2.24) is 0 Å². The molecule has 0 radical (unpaired) electrons. The van der Waals surface area contributed by atoms with Crippen molar-refractivity contribution in [1.29, 1.82) is 0 Å². The summed E-state index contributed by atoms with van der Waals surface area (Å²) in [4.78, 5) is 0.161. The first-order valence-electron chi connectivity index (χ1n) is 4.58. The van der Waals surface area contributed by atoms with Crippen molar-refractivity contribution in [2.45, 2.75) is 25.4 Å². The molecule has 0 bridgehead atoms. The van der Waals surface area contributed by atoms with Crippen LogP contribution in [0.5, 0.6) is 0 Å². The summed E-state index contributed by atoms with van der Waals surface area (Å²) in [7, 11) is 0. The highest BCUT2D eigenvalue weighted by atomic mass is 32.1. The molecule has 0 aromatic heterocycles. The third kappa shape index (κ3) is 3.09. The van der Waals surface area contributed by atoms with Crippen LogP contribution < -0.4 is 5.73 Å². The molecular formula is C11H15NOS. The minimum Gasteiger partial charge on any atom is -0.391 e. The van der Waals surface area contributed by atoms with Gasteiger partial charge in [-0.15, -0.1) is 0 Å². The van der Waals surface area contributed by atoms with E-state index < -0.39 is 5.60 Å². The molecule has 2 nitrogen and oxygen atoms in total. The molecule has 0 fully saturated rings. The lowest BCUT2D eigenvalue weighted by atomic mass is 9.97. The lowest BCUT2D eigenvalue weighted by Crippen LogP contribution is -2.39. The van der Waals surface area contributed by atoms with E-state index in [0.717, 1.165) is 6.42 Å². The molecule has 3 heteroatoms. The van der Waals surface area contributed by atoms with Gasteiger partial charge in [0, 0.05) is 0 Å². The molecule has 0 amide bonds. The molecular weight excluding hydrogens is 194 g/mol. The van der Waals surface area contributed by atoms with Gasteiger partial charge < -0.3 is 10.8 Å². The highest BCUT2D eigenvalue weighted by Crippen LogP contribution is 2.14. The number of aliphatic hydroxyl groups is 1. The average molecular weight is 209 g/mol. The fraction of sp³-hybridized carbons (Fsp3) is 0.364. The van der Waals surface area contributed by atoms with Gasteiger partial charge in [0.25, 0.3) is 0 Å². The Morgan fingerprint density at radius 2 is 2.00 bits per heavy atom. The number of hydrogen-bond acceptors (Lipinski definition) is 2. The lowest BCUT2D eigenvalue weighted by Gasteiger charge is -2.21. The van der Waals surface area contributed by atoms with Gasteiger partial charge in [0.2, 0.25) is 0 Å². The molecule has 0 spiro atoms. The monoisotopic (exact) mass is 209 g/mol. The molecule has 0 aliphatic carbocycles. The van der Waals surface area contributed by atoms with Crippen molar-refractivity contribution in [2.75, 3.05) is 0 Å². The summed E-state index contributed by atoms with van der Waals surface area (Å²) in [5, 5.41) is 9.79. The van der Waals surface area contributed by atoms with Gasteiger partial charge in [0.1, 0.15) is 10.6 Å². The van der Waals surface area contributed by atoms with Gasteiger partial charge in [-0.2, -0.15) is 0 Å². The SMILES string of the molecule is CC(O)(CCc1ccccc1)C(N)=S. The van der Waals surface area contributed by atoms with Crippen LogP contribution in [0.3, 0.4) is 0 Å². The summed E-state index contributed by atoms with van der Waals surface area (Å²) in [6, 6.07) is 9.97. The van der Waals surface area contributed by atoms with E-state index in [-0.39, 0.29) is 4.99 Å². The van der Waals surface area contributed by atoms with Gasteiger partial charge in [-0.3, -0.25) is 0 Å². The van der Waals surface area contributed by atoms with Crippen LogP contribution in [0.25, 0.3) is 0 Å². The van der Waals surface area contributed by atoms with Crippen LogP contribution in [-0.4, -0.2) is 15.7 Å². The molecule has 1 atom stereocenters. The van der Waals surface area contributed by atoms with E-state index >= 15 is 0 Å². The van der Waals surface area contributed by atoms with E-state index in [4.69, 9.17) is 18.0 Å². The van der Waals surface area contributed by atoms with E-state index in [2.05, 4.69) is 0 Å². The number of rotatable bonds is 4. The molecule has 3 N–H and O–H groups in total. The van der Waals surface area contributed by atoms with Gasteiger partial charge in [-0.05, 0) is 25.3 Å². The Labute approximate surface area is 89.7 Å². The molecule has 1 aromatic rings. The summed E-state index contributed by atoms with van der Waals surface area (Å²) in [6.07, 6.45) is 1.34. The average Bonchev–Trinajstić information content (AvgIpc) is 2.16. The van der Waals surface area contributed by atoms with Gasteiger partial charge in [0.05, 0.1) is 0 Å². The van der Waals surface area contributed by atoms with Crippen molar-refractivity contribution >= 4 is 17.2 Å². The van der Waals surface area contributed by atoms with Crippen molar-refractivity contribution in [2.24, 2.45) is 5.73 Å². The fourth-order valence-electron chi connectivity index (χ4n) is 1.16. The fourth-order valence-corrected chi connectivity index (χ4v) is 1.26. The maximum absolute atomic E-state index is 9.79. The third-order valence-electron chi connectivity index (χ3n) is 2.27. The molecule has 0 saturated carbocycles. The zero-order valence-corrected chi connectivity index (χ0v) is 9.05. The Morgan fingerprint density at radius 1 is 1.43 bits per heavy atom. The third-order valence-corrected chi connectivity index (χ3v) is 2.71. The quantitative estimate of drug-likeness (QED) is 0.741. The summed E-state index contributed by atoms with van der Waals surface area (Å²) >= 11 is 4.77. The van der Waals surface area contributed by atoms with E-state index in [1.165, 1.54) is 5.56 Å².